The fraction of sp³-hybridized carbons (Fsp3) is 0.259. The van der Waals surface area contributed by atoms with Crippen LogP contribution >= 0.6 is 0 Å². The second kappa shape index (κ2) is 8.37. The molecule has 166 valence electrons. The lowest BCUT2D eigenvalue weighted by atomic mass is 9.97. The number of piperazine rings is 1. The van der Waals surface area contributed by atoms with Gasteiger partial charge in [0.2, 0.25) is 16.9 Å². The van der Waals surface area contributed by atoms with Crippen LogP contribution in [0.3, 0.4) is 0 Å². The molecular formula is C27H27N5O. The Bertz CT molecular complexity index is 1350. The summed E-state index contributed by atoms with van der Waals surface area (Å²) in [6.07, 6.45) is 12.8. The summed E-state index contributed by atoms with van der Waals surface area (Å²) < 4.78 is 3.16. The van der Waals surface area contributed by atoms with Crippen molar-refractivity contribution in [1.29, 1.82) is 0 Å². The zero-order chi connectivity index (χ0) is 22.2. The van der Waals surface area contributed by atoms with Crippen molar-refractivity contribution >= 4 is 22.4 Å². The summed E-state index contributed by atoms with van der Waals surface area (Å²) in [7, 11) is 0. The van der Waals surface area contributed by atoms with Gasteiger partial charge in [-0.1, -0.05) is 54.6 Å². The zero-order valence-electron chi connectivity index (χ0n) is 18.5. The Labute approximate surface area is 193 Å². The van der Waals surface area contributed by atoms with E-state index in [2.05, 4.69) is 73.8 Å². The molecule has 6 rings (SSSR count). The van der Waals surface area contributed by atoms with Crippen LogP contribution in [0.5, 0.6) is 0 Å². The van der Waals surface area contributed by atoms with Gasteiger partial charge in [0.25, 0.3) is 0 Å². The van der Waals surface area contributed by atoms with Gasteiger partial charge in [-0.2, -0.15) is 4.73 Å². The molecule has 0 spiro atoms. The number of nitrogens with zero attached hydrogens (tertiary/aromatic N) is 5. The van der Waals surface area contributed by atoms with Crippen LogP contribution < -0.4 is 9.63 Å². The van der Waals surface area contributed by atoms with E-state index in [4.69, 9.17) is 0 Å². The lowest BCUT2D eigenvalue weighted by Gasteiger charge is -2.36. The van der Waals surface area contributed by atoms with Gasteiger partial charge in [-0.3, -0.25) is 9.30 Å². The predicted molar refractivity (Wildman–Crippen MR) is 131 cm³/mol. The molecule has 1 aliphatic heterocycles. The molecule has 0 amide bonds. The zero-order valence-corrected chi connectivity index (χ0v) is 18.5. The van der Waals surface area contributed by atoms with E-state index in [0.29, 0.717) is 5.52 Å². The summed E-state index contributed by atoms with van der Waals surface area (Å²) in [4.78, 5) is 9.48. The second-order valence-corrected chi connectivity index (χ2v) is 8.88. The maximum Gasteiger partial charge on any atom is 0.243 e. The highest BCUT2D eigenvalue weighted by Crippen LogP contribution is 2.29. The van der Waals surface area contributed by atoms with Crippen LogP contribution in [-0.2, 0) is 6.54 Å². The van der Waals surface area contributed by atoms with Gasteiger partial charge < -0.3 is 10.1 Å². The molecule has 2 aromatic carbocycles. The van der Waals surface area contributed by atoms with Gasteiger partial charge in [0.15, 0.2) is 0 Å². The monoisotopic (exact) mass is 437 g/mol. The van der Waals surface area contributed by atoms with Crippen molar-refractivity contribution < 1.29 is 4.73 Å². The summed E-state index contributed by atoms with van der Waals surface area (Å²) in [5, 5.41) is 13.4. The molecule has 1 aliphatic carbocycles. The molecule has 6 nitrogen and oxygen atoms in total. The Hall–Kier alpha value is -3.64. The number of benzene rings is 2. The van der Waals surface area contributed by atoms with E-state index in [1.54, 1.807) is 6.20 Å². The van der Waals surface area contributed by atoms with Gasteiger partial charge >= 0.3 is 0 Å². The number of rotatable bonds is 4. The fourth-order valence-electron chi connectivity index (χ4n) is 5.09. The van der Waals surface area contributed by atoms with E-state index >= 15 is 0 Å². The van der Waals surface area contributed by atoms with Crippen LogP contribution in [0.1, 0.15) is 23.6 Å². The molecule has 1 fully saturated rings. The minimum atomic E-state index is 0.0409. The maximum absolute atomic E-state index is 13.4. The highest BCUT2D eigenvalue weighted by Gasteiger charge is 2.27. The minimum absolute atomic E-state index is 0.0409. The minimum Gasteiger partial charge on any atom is -0.618 e. The summed E-state index contributed by atoms with van der Waals surface area (Å²) in [6, 6.07) is 16.9. The predicted octanol–water partition coefficient (Wildman–Crippen LogP) is 4.04. The van der Waals surface area contributed by atoms with E-state index < -0.39 is 0 Å². The molecule has 6 heteroatoms. The van der Waals surface area contributed by atoms with Crippen LogP contribution in [-0.4, -0.2) is 40.5 Å². The van der Waals surface area contributed by atoms with E-state index in [1.807, 2.05) is 24.4 Å². The van der Waals surface area contributed by atoms with Crippen molar-refractivity contribution in [3.05, 3.63) is 102 Å². The summed E-state index contributed by atoms with van der Waals surface area (Å²) in [5.41, 5.74) is 5.57. The van der Waals surface area contributed by atoms with E-state index in [1.165, 1.54) is 5.56 Å². The first-order chi connectivity index (χ1) is 16.3. The number of fused-ring (bicyclic) bond motifs is 3. The third-order valence-electron chi connectivity index (χ3n) is 6.84. The molecule has 2 aromatic heterocycles. The fourth-order valence-corrected chi connectivity index (χ4v) is 5.09. The summed E-state index contributed by atoms with van der Waals surface area (Å²) in [6.45, 7) is 4.98. The van der Waals surface area contributed by atoms with Crippen molar-refractivity contribution in [2.24, 2.45) is 0 Å². The van der Waals surface area contributed by atoms with Crippen LogP contribution in [0, 0.1) is 5.21 Å². The first-order valence-corrected chi connectivity index (χ1v) is 11.6. The van der Waals surface area contributed by atoms with Crippen LogP contribution in [0.25, 0.3) is 16.7 Å². The molecule has 3 heterocycles. The standard InChI is InChI=1S/C27H27N5O/c33-32-24-12-11-23(30-17-15-29(16-18-30)20-21-7-3-1-4-8-21)19-25(24)31-14-13-28-27(31)26(32)22-9-5-2-6-10-22/h1-9,11-14,19,22H,10,15-18,20H2. The van der Waals surface area contributed by atoms with Crippen LogP contribution in [0.2, 0.25) is 0 Å². The molecular weight excluding hydrogens is 410 g/mol. The SMILES string of the molecule is [O-][n+]1c(C2C=CC=CC2)c2nccn2c2cc(N3CCN(Cc4ccccc4)CC3)ccc21. The largest absolute Gasteiger partial charge is 0.618 e. The van der Waals surface area contributed by atoms with Crippen LogP contribution in [0.4, 0.5) is 5.69 Å². The summed E-state index contributed by atoms with van der Waals surface area (Å²) >= 11 is 0. The third kappa shape index (κ3) is 3.66. The van der Waals surface area contributed by atoms with Crippen molar-refractivity contribution in [3.63, 3.8) is 0 Å². The van der Waals surface area contributed by atoms with Crippen molar-refractivity contribution in [3.8, 4) is 0 Å². The lowest BCUT2D eigenvalue weighted by molar-refractivity contribution is -0.586. The molecule has 1 atom stereocenters. The average Bonchev–Trinajstić information content (AvgIpc) is 3.35. The van der Waals surface area contributed by atoms with Crippen molar-refractivity contribution in [2.75, 3.05) is 31.1 Å². The second-order valence-electron chi connectivity index (χ2n) is 8.88. The molecule has 0 saturated carbocycles. The maximum atomic E-state index is 13.4. The van der Waals surface area contributed by atoms with Crippen molar-refractivity contribution in [1.82, 2.24) is 14.3 Å². The van der Waals surface area contributed by atoms with E-state index in [0.717, 1.165) is 66.4 Å². The third-order valence-corrected chi connectivity index (χ3v) is 6.84. The highest BCUT2D eigenvalue weighted by atomic mass is 16.5. The topological polar surface area (TPSA) is 50.7 Å². The van der Waals surface area contributed by atoms with Gasteiger partial charge in [0.05, 0.1) is 5.92 Å². The van der Waals surface area contributed by atoms with Gasteiger partial charge in [-0.15, -0.1) is 0 Å². The number of aromatic nitrogens is 3. The lowest BCUT2D eigenvalue weighted by Crippen LogP contribution is -2.46. The quantitative estimate of drug-likeness (QED) is 0.357. The van der Waals surface area contributed by atoms with E-state index in [9.17, 15) is 5.21 Å². The Morgan fingerprint density at radius 2 is 1.85 bits per heavy atom. The molecule has 1 saturated heterocycles. The number of anilines is 1. The Morgan fingerprint density at radius 3 is 2.64 bits per heavy atom. The number of allylic oxidation sites excluding steroid dienone is 4. The van der Waals surface area contributed by atoms with Gasteiger partial charge in [-0.25, -0.2) is 4.98 Å². The first kappa shape index (κ1) is 20.0. The molecule has 33 heavy (non-hydrogen) atoms. The average molecular weight is 438 g/mol. The number of hydrogen-bond donors (Lipinski definition) is 0. The number of hydrogen-bond acceptors (Lipinski definition) is 4. The van der Waals surface area contributed by atoms with Gasteiger partial charge in [0, 0.05) is 56.9 Å². The van der Waals surface area contributed by atoms with E-state index in [-0.39, 0.29) is 5.92 Å². The van der Waals surface area contributed by atoms with Crippen LogP contribution in [0.15, 0.2) is 85.2 Å². The smallest absolute Gasteiger partial charge is 0.243 e. The molecule has 0 radical (unpaired) electrons. The Balaban J connectivity index is 1.29. The Kier molecular flexibility index (Phi) is 5.07. The molecule has 0 bridgehead atoms. The molecule has 1 unspecified atom stereocenters. The molecule has 0 N–H and O–H groups in total. The number of imidazole rings is 1. The van der Waals surface area contributed by atoms with Gasteiger partial charge in [-0.05, 0) is 24.1 Å². The first-order valence-electron chi connectivity index (χ1n) is 11.6. The van der Waals surface area contributed by atoms with Gasteiger partial charge in [0.1, 0.15) is 5.52 Å². The summed E-state index contributed by atoms with van der Waals surface area (Å²) in [5.74, 6) is 0.0409. The normalized spacial score (nSPS) is 19.0. The highest BCUT2D eigenvalue weighted by molar-refractivity contribution is 5.80. The molecule has 4 aromatic rings. The molecule has 2 aliphatic rings. The Morgan fingerprint density at radius 1 is 1.00 bits per heavy atom. The van der Waals surface area contributed by atoms with Crippen molar-refractivity contribution in [2.45, 2.75) is 18.9 Å².